The first kappa shape index (κ1) is 11.8. The van der Waals surface area contributed by atoms with E-state index in [1.807, 2.05) is 26.2 Å². The van der Waals surface area contributed by atoms with Crippen LogP contribution in [-0.2, 0) is 7.05 Å². The van der Waals surface area contributed by atoms with Gasteiger partial charge in [-0.15, -0.1) is 0 Å². The van der Waals surface area contributed by atoms with Crippen molar-refractivity contribution in [2.24, 2.45) is 7.05 Å². The molecule has 1 heterocycles. The molecule has 1 aromatic heterocycles. The minimum Gasteiger partial charge on any atom is -0.275 e. The molecule has 0 atom stereocenters. The number of nitrogens with zero attached hydrogens (tertiary/aromatic N) is 2. The highest BCUT2D eigenvalue weighted by Gasteiger charge is 2.15. The predicted molar refractivity (Wildman–Crippen MR) is 67.4 cm³/mol. The second-order valence-corrected chi connectivity index (χ2v) is 4.72. The fraction of sp³-hybridized carbons (Fsp3) is 0.357. The van der Waals surface area contributed by atoms with Crippen LogP contribution in [0.25, 0.3) is 11.1 Å². The smallest absolute Gasteiger partial charge is 0.123 e. The van der Waals surface area contributed by atoms with E-state index in [4.69, 9.17) is 0 Å². The molecule has 0 radical (unpaired) electrons. The van der Waals surface area contributed by atoms with Crippen molar-refractivity contribution in [2.45, 2.75) is 26.7 Å². The molecule has 90 valence electrons. The van der Waals surface area contributed by atoms with Crippen LogP contribution in [-0.4, -0.2) is 9.78 Å². The molecule has 1 aromatic carbocycles. The Balaban J connectivity index is 2.63. The maximum Gasteiger partial charge on any atom is 0.123 e. The van der Waals surface area contributed by atoms with E-state index in [0.717, 1.165) is 22.4 Å². The van der Waals surface area contributed by atoms with Gasteiger partial charge in [-0.1, -0.05) is 19.9 Å². The molecule has 0 N–H and O–H groups in total. The van der Waals surface area contributed by atoms with E-state index < -0.39 is 0 Å². The summed E-state index contributed by atoms with van der Waals surface area (Å²) in [5, 5.41) is 4.45. The zero-order valence-electron chi connectivity index (χ0n) is 10.7. The molecule has 0 fully saturated rings. The SMILES string of the molecule is Cc1ccc(F)cc1-c1cn(C)nc1C(C)C. The minimum absolute atomic E-state index is 0.204. The van der Waals surface area contributed by atoms with Crippen molar-refractivity contribution < 1.29 is 4.39 Å². The second kappa shape index (κ2) is 4.32. The third-order valence-corrected chi connectivity index (χ3v) is 2.89. The third kappa shape index (κ3) is 2.23. The predicted octanol–water partition coefficient (Wildman–Crippen LogP) is 3.66. The molecule has 2 aromatic rings. The number of rotatable bonds is 2. The Hall–Kier alpha value is -1.64. The molecule has 0 aliphatic rings. The lowest BCUT2D eigenvalue weighted by molar-refractivity contribution is 0.628. The van der Waals surface area contributed by atoms with Gasteiger partial charge in [-0.2, -0.15) is 5.10 Å². The Labute approximate surface area is 101 Å². The molecule has 0 saturated heterocycles. The summed E-state index contributed by atoms with van der Waals surface area (Å²) < 4.78 is 15.1. The van der Waals surface area contributed by atoms with Crippen LogP contribution in [0.4, 0.5) is 4.39 Å². The van der Waals surface area contributed by atoms with Gasteiger partial charge in [-0.05, 0) is 36.1 Å². The molecule has 0 bridgehead atoms. The van der Waals surface area contributed by atoms with Gasteiger partial charge in [0.25, 0.3) is 0 Å². The molecule has 17 heavy (non-hydrogen) atoms. The van der Waals surface area contributed by atoms with Gasteiger partial charge in [0, 0.05) is 18.8 Å². The van der Waals surface area contributed by atoms with Crippen LogP contribution in [0, 0.1) is 12.7 Å². The van der Waals surface area contributed by atoms with Gasteiger partial charge in [0.1, 0.15) is 5.82 Å². The molecular weight excluding hydrogens is 215 g/mol. The molecule has 2 nitrogen and oxygen atoms in total. The van der Waals surface area contributed by atoms with E-state index in [1.54, 1.807) is 10.7 Å². The van der Waals surface area contributed by atoms with Crippen LogP contribution < -0.4 is 0 Å². The Morgan fingerprint density at radius 1 is 1.24 bits per heavy atom. The van der Waals surface area contributed by atoms with E-state index in [0.29, 0.717) is 5.92 Å². The molecular formula is C14H17FN2. The zero-order chi connectivity index (χ0) is 12.6. The Bertz CT molecular complexity index is 541. The highest BCUT2D eigenvalue weighted by Crippen LogP contribution is 2.30. The minimum atomic E-state index is -0.204. The van der Waals surface area contributed by atoms with Crippen molar-refractivity contribution in [1.82, 2.24) is 9.78 Å². The first-order valence-corrected chi connectivity index (χ1v) is 5.79. The van der Waals surface area contributed by atoms with Crippen LogP contribution in [0.1, 0.15) is 31.0 Å². The van der Waals surface area contributed by atoms with E-state index >= 15 is 0 Å². The van der Waals surface area contributed by atoms with Crippen LogP contribution in [0.15, 0.2) is 24.4 Å². The van der Waals surface area contributed by atoms with Crippen molar-refractivity contribution in [3.8, 4) is 11.1 Å². The number of benzene rings is 1. The van der Waals surface area contributed by atoms with Crippen molar-refractivity contribution in [3.05, 3.63) is 41.5 Å². The number of aromatic nitrogens is 2. The Kier molecular flexibility index (Phi) is 3.01. The van der Waals surface area contributed by atoms with Gasteiger partial charge in [-0.25, -0.2) is 4.39 Å². The molecule has 0 amide bonds. The molecule has 0 saturated carbocycles. The lowest BCUT2D eigenvalue weighted by atomic mass is 9.97. The van der Waals surface area contributed by atoms with Crippen LogP contribution in [0.2, 0.25) is 0 Å². The average molecular weight is 232 g/mol. The van der Waals surface area contributed by atoms with E-state index in [1.165, 1.54) is 6.07 Å². The lowest BCUT2D eigenvalue weighted by Gasteiger charge is -2.08. The normalized spacial score (nSPS) is 11.2. The summed E-state index contributed by atoms with van der Waals surface area (Å²) in [6.07, 6.45) is 1.96. The van der Waals surface area contributed by atoms with Gasteiger partial charge >= 0.3 is 0 Å². The van der Waals surface area contributed by atoms with E-state index in [-0.39, 0.29) is 5.82 Å². The van der Waals surface area contributed by atoms with Crippen molar-refractivity contribution in [2.75, 3.05) is 0 Å². The first-order valence-electron chi connectivity index (χ1n) is 5.79. The lowest BCUT2D eigenvalue weighted by Crippen LogP contribution is -1.94. The molecule has 0 spiro atoms. The Morgan fingerprint density at radius 3 is 2.59 bits per heavy atom. The maximum atomic E-state index is 13.3. The summed E-state index contributed by atoms with van der Waals surface area (Å²) in [7, 11) is 1.89. The van der Waals surface area contributed by atoms with Crippen molar-refractivity contribution in [3.63, 3.8) is 0 Å². The van der Waals surface area contributed by atoms with Gasteiger partial charge < -0.3 is 0 Å². The first-order chi connectivity index (χ1) is 7.99. The number of hydrogen-bond donors (Lipinski definition) is 0. The summed E-state index contributed by atoms with van der Waals surface area (Å²) in [5.41, 5.74) is 4.05. The topological polar surface area (TPSA) is 17.8 Å². The maximum absolute atomic E-state index is 13.3. The van der Waals surface area contributed by atoms with E-state index in [9.17, 15) is 4.39 Å². The number of aryl methyl sites for hydroxylation is 2. The van der Waals surface area contributed by atoms with E-state index in [2.05, 4.69) is 18.9 Å². The highest BCUT2D eigenvalue weighted by molar-refractivity contribution is 5.69. The van der Waals surface area contributed by atoms with Gasteiger partial charge in [0.15, 0.2) is 0 Å². The number of halogens is 1. The van der Waals surface area contributed by atoms with Gasteiger partial charge in [-0.3, -0.25) is 4.68 Å². The van der Waals surface area contributed by atoms with Crippen LogP contribution in [0.3, 0.4) is 0 Å². The van der Waals surface area contributed by atoms with Crippen molar-refractivity contribution in [1.29, 1.82) is 0 Å². The van der Waals surface area contributed by atoms with Gasteiger partial charge in [0.2, 0.25) is 0 Å². The standard InChI is InChI=1S/C14H17FN2/c1-9(2)14-13(8-17(4)16-14)12-7-11(15)6-5-10(12)3/h5-9H,1-4H3. The largest absolute Gasteiger partial charge is 0.275 e. The number of hydrogen-bond acceptors (Lipinski definition) is 1. The van der Waals surface area contributed by atoms with Crippen molar-refractivity contribution >= 4 is 0 Å². The molecule has 0 unspecified atom stereocenters. The fourth-order valence-electron chi connectivity index (χ4n) is 2.02. The third-order valence-electron chi connectivity index (χ3n) is 2.89. The molecule has 3 heteroatoms. The summed E-state index contributed by atoms with van der Waals surface area (Å²) in [6, 6.07) is 4.88. The van der Waals surface area contributed by atoms with Gasteiger partial charge in [0.05, 0.1) is 5.69 Å². The summed E-state index contributed by atoms with van der Waals surface area (Å²) in [4.78, 5) is 0. The molecule has 0 aliphatic heterocycles. The second-order valence-electron chi connectivity index (χ2n) is 4.72. The quantitative estimate of drug-likeness (QED) is 0.772. The summed E-state index contributed by atoms with van der Waals surface area (Å²) in [5.74, 6) is 0.123. The fourth-order valence-corrected chi connectivity index (χ4v) is 2.02. The van der Waals surface area contributed by atoms with Crippen LogP contribution >= 0.6 is 0 Å². The summed E-state index contributed by atoms with van der Waals surface area (Å²) >= 11 is 0. The molecule has 2 rings (SSSR count). The highest BCUT2D eigenvalue weighted by atomic mass is 19.1. The Morgan fingerprint density at radius 2 is 1.94 bits per heavy atom. The average Bonchev–Trinajstić information content (AvgIpc) is 2.64. The zero-order valence-corrected chi connectivity index (χ0v) is 10.7. The molecule has 0 aliphatic carbocycles. The monoisotopic (exact) mass is 232 g/mol. The van der Waals surface area contributed by atoms with Crippen LogP contribution in [0.5, 0.6) is 0 Å². The summed E-state index contributed by atoms with van der Waals surface area (Å²) in [6.45, 7) is 6.19.